The summed E-state index contributed by atoms with van der Waals surface area (Å²) >= 11 is 0. The number of hydrogen-bond acceptors (Lipinski definition) is 5. The second-order valence-electron chi connectivity index (χ2n) is 7.26. The predicted octanol–water partition coefficient (Wildman–Crippen LogP) is 0.741. The minimum absolute atomic E-state index is 0.251. The summed E-state index contributed by atoms with van der Waals surface area (Å²) in [5.74, 6) is -1.00. The van der Waals surface area contributed by atoms with Gasteiger partial charge in [0.25, 0.3) is 0 Å². The zero-order valence-electron chi connectivity index (χ0n) is 13.6. The number of nitrogens with one attached hydrogen (secondary N) is 1. The van der Waals surface area contributed by atoms with E-state index in [2.05, 4.69) is 10.2 Å². The topological polar surface area (TPSA) is 98.8 Å². The number of carboxylic acids is 1. The summed E-state index contributed by atoms with van der Waals surface area (Å²) in [7, 11) is 0. The largest absolute Gasteiger partial charge is 0.481 e. The third-order valence-corrected chi connectivity index (χ3v) is 5.26. The van der Waals surface area contributed by atoms with Crippen LogP contribution in [0.15, 0.2) is 0 Å². The molecule has 0 aromatic heterocycles. The van der Waals surface area contributed by atoms with E-state index in [1.165, 1.54) is 0 Å². The molecule has 6 nitrogen and oxygen atoms in total. The van der Waals surface area contributed by atoms with Gasteiger partial charge in [-0.3, -0.25) is 9.69 Å². The third kappa shape index (κ3) is 4.91. The Morgan fingerprint density at radius 2 is 2.14 bits per heavy atom. The highest BCUT2D eigenvalue weighted by atomic mass is 16.4. The van der Waals surface area contributed by atoms with E-state index in [-0.39, 0.29) is 12.0 Å². The number of aliphatic carboxylic acids is 1. The lowest BCUT2D eigenvalue weighted by molar-refractivity contribution is -0.142. The van der Waals surface area contributed by atoms with E-state index in [0.29, 0.717) is 25.4 Å². The van der Waals surface area contributed by atoms with Crippen LogP contribution in [0.4, 0.5) is 0 Å². The van der Waals surface area contributed by atoms with Crippen molar-refractivity contribution < 1.29 is 15.0 Å². The first-order chi connectivity index (χ1) is 10.4. The Morgan fingerprint density at radius 1 is 1.45 bits per heavy atom. The summed E-state index contributed by atoms with van der Waals surface area (Å²) < 4.78 is 0. The summed E-state index contributed by atoms with van der Waals surface area (Å²) in [5, 5.41) is 22.8. The molecule has 2 aliphatic rings. The van der Waals surface area contributed by atoms with Crippen LogP contribution in [-0.4, -0.2) is 58.5 Å². The van der Waals surface area contributed by atoms with E-state index in [9.17, 15) is 15.0 Å². The van der Waals surface area contributed by atoms with Gasteiger partial charge < -0.3 is 21.3 Å². The monoisotopic (exact) mass is 313 g/mol. The van der Waals surface area contributed by atoms with Gasteiger partial charge in [-0.2, -0.15) is 0 Å². The fraction of sp³-hybridized carbons (Fsp3) is 0.938. The first-order valence-electron chi connectivity index (χ1n) is 8.54. The van der Waals surface area contributed by atoms with Gasteiger partial charge in [0.05, 0.1) is 11.5 Å². The Morgan fingerprint density at radius 3 is 2.73 bits per heavy atom. The SMILES string of the molecule is CC1(O)CCC(N2CNC(CC(CCCN)C(=O)O)C2)CC1. The van der Waals surface area contributed by atoms with Crippen LogP contribution in [-0.2, 0) is 4.79 Å². The van der Waals surface area contributed by atoms with E-state index in [4.69, 9.17) is 5.73 Å². The number of nitrogens with two attached hydrogens (primary N) is 1. The highest BCUT2D eigenvalue weighted by molar-refractivity contribution is 5.70. The molecule has 0 amide bonds. The zero-order valence-corrected chi connectivity index (χ0v) is 13.6. The fourth-order valence-electron chi connectivity index (χ4n) is 3.73. The highest BCUT2D eigenvalue weighted by Gasteiger charge is 2.35. The molecule has 1 aliphatic heterocycles. The van der Waals surface area contributed by atoms with Gasteiger partial charge in [0.1, 0.15) is 0 Å². The van der Waals surface area contributed by atoms with Crippen molar-refractivity contribution in [2.75, 3.05) is 19.8 Å². The van der Waals surface area contributed by atoms with E-state index in [1.54, 1.807) is 0 Å². The number of aliphatic hydroxyl groups is 1. The van der Waals surface area contributed by atoms with E-state index >= 15 is 0 Å². The van der Waals surface area contributed by atoms with Gasteiger partial charge >= 0.3 is 5.97 Å². The average Bonchev–Trinajstić information content (AvgIpc) is 2.91. The number of carbonyl (C=O) groups is 1. The van der Waals surface area contributed by atoms with Crippen molar-refractivity contribution in [3.8, 4) is 0 Å². The molecule has 5 N–H and O–H groups in total. The molecule has 128 valence electrons. The van der Waals surface area contributed by atoms with Crippen LogP contribution in [0.25, 0.3) is 0 Å². The minimum Gasteiger partial charge on any atom is -0.481 e. The highest BCUT2D eigenvalue weighted by Crippen LogP contribution is 2.31. The Kier molecular flexibility index (Phi) is 6.20. The first kappa shape index (κ1) is 17.7. The van der Waals surface area contributed by atoms with Gasteiger partial charge in [0, 0.05) is 25.3 Å². The third-order valence-electron chi connectivity index (χ3n) is 5.26. The summed E-state index contributed by atoms with van der Waals surface area (Å²) in [4.78, 5) is 13.8. The number of rotatable bonds is 7. The van der Waals surface area contributed by atoms with Crippen LogP contribution in [0, 0.1) is 5.92 Å². The summed E-state index contributed by atoms with van der Waals surface area (Å²) in [5.41, 5.74) is 4.99. The quantitative estimate of drug-likeness (QED) is 0.553. The molecule has 0 aromatic rings. The number of hydrogen-bond donors (Lipinski definition) is 4. The van der Waals surface area contributed by atoms with Crippen LogP contribution < -0.4 is 11.1 Å². The van der Waals surface area contributed by atoms with Crippen LogP contribution in [0.3, 0.4) is 0 Å². The van der Waals surface area contributed by atoms with Crippen molar-refractivity contribution in [2.24, 2.45) is 11.7 Å². The van der Waals surface area contributed by atoms with Crippen molar-refractivity contribution >= 4 is 5.97 Å². The molecule has 6 heteroatoms. The number of nitrogens with zero attached hydrogens (tertiary/aromatic N) is 1. The van der Waals surface area contributed by atoms with Crippen molar-refractivity contribution in [2.45, 2.75) is 69.6 Å². The van der Waals surface area contributed by atoms with Crippen molar-refractivity contribution in [1.29, 1.82) is 0 Å². The van der Waals surface area contributed by atoms with Crippen LogP contribution in [0.1, 0.15) is 51.9 Å². The summed E-state index contributed by atoms with van der Waals surface area (Å²) in [6, 6.07) is 0.770. The zero-order chi connectivity index (χ0) is 16.2. The Bertz CT molecular complexity index is 366. The standard InChI is InChI=1S/C16H31N3O3/c1-16(22)6-4-14(5-7-16)19-10-13(18-11-19)9-12(15(20)21)3-2-8-17/h12-14,18,22H,2-11,17H2,1H3,(H,20,21). The Labute approximate surface area is 133 Å². The van der Waals surface area contributed by atoms with Crippen molar-refractivity contribution in [1.82, 2.24) is 10.2 Å². The average molecular weight is 313 g/mol. The van der Waals surface area contributed by atoms with Crippen molar-refractivity contribution in [3.05, 3.63) is 0 Å². The van der Waals surface area contributed by atoms with Crippen LogP contribution in [0.5, 0.6) is 0 Å². The summed E-state index contributed by atoms with van der Waals surface area (Å²) in [6.07, 6.45) is 5.87. The second-order valence-corrected chi connectivity index (χ2v) is 7.26. The number of carboxylic acid groups (broad SMARTS) is 1. The van der Waals surface area contributed by atoms with Gasteiger partial charge in [-0.25, -0.2) is 0 Å². The molecule has 0 aromatic carbocycles. The molecule has 0 spiro atoms. The Hall–Kier alpha value is -0.690. The minimum atomic E-state index is -0.706. The van der Waals surface area contributed by atoms with Crippen molar-refractivity contribution in [3.63, 3.8) is 0 Å². The lowest BCUT2D eigenvalue weighted by Gasteiger charge is -2.37. The molecule has 0 bridgehead atoms. The molecule has 1 heterocycles. The predicted molar refractivity (Wildman–Crippen MR) is 85.4 cm³/mol. The summed E-state index contributed by atoms with van der Waals surface area (Å²) in [6.45, 7) is 4.22. The molecule has 2 fully saturated rings. The van der Waals surface area contributed by atoms with E-state index in [1.807, 2.05) is 6.92 Å². The molecule has 1 saturated carbocycles. The van der Waals surface area contributed by atoms with Gasteiger partial charge in [0.2, 0.25) is 0 Å². The van der Waals surface area contributed by atoms with Gasteiger partial charge in [-0.15, -0.1) is 0 Å². The molecule has 1 saturated heterocycles. The van der Waals surface area contributed by atoms with E-state index in [0.717, 1.165) is 45.3 Å². The van der Waals surface area contributed by atoms with Gasteiger partial charge in [0.15, 0.2) is 0 Å². The Balaban J connectivity index is 1.78. The second kappa shape index (κ2) is 7.73. The smallest absolute Gasteiger partial charge is 0.306 e. The normalized spacial score (nSPS) is 34.7. The fourth-order valence-corrected chi connectivity index (χ4v) is 3.73. The molecule has 22 heavy (non-hydrogen) atoms. The molecule has 1 aliphatic carbocycles. The molecule has 2 unspecified atom stereocenters. The molecule has 2 atom stereocenters. The molecule has 0 radical (unpaired) electrons. The van der Waals surface area contributed by atoms with Gasteiger partial charge in [-0.1, -0.05) is 0 Å². The lowest BCUT2D eigenvalue weighted by atomic mass is 9.83. The molecular weight excluding hydrogens is 282 g/mol. The lowest BCUT2D eigenvalue weighted by Crippen LogP contribution is -2.42. The van der Waals surface area contributed by atoms with Crippen LogP contribution in [0.2, 0.25) is 0 Å². The van der Waals surface area contributed by atoms with E-state index < -0.39 is 11.6 Å². The maximum Gasteiger partial charge on any atom is 0.306 e. The molecular formula is C16H31N3O3. The van der Waals surface area contributed by atoms with Gasteiger partial charge in [-0.05, 0) is 58.4 Å². The molecule has 2 rings (SSSR count). The van der Waals surface area contributed by atoms with Crippen LogP contribution >= 0.6 is 0 Å². The maximum absolute atomic E-state index is 11.3. The first-order valence-corrected chi connectivity index (χ1v) is 8.54. The maximum atomic E-state index is 11.3.